The smallest absolute Gasteiger partial charge is 0.219 e. The number of aliphatic hydroxyl groups is 1. The molecule has 0 aromatic rings. The van der Waals surface area contributed by atoms with E-state index in [0.717, 1.165) is 0 Å². The highest BCUT2D eigenvalue weighted by molar-refractivity contribution is 7.90. The summed E-state index contributed by atoms with van der Waals surface area (Å²) in [6.45, 7) is 8.92. The van der Waals surface area contributed by atoms with Crippen LogP contribution < -0.4 is 0 Å². The molecule has 0 amide bonds. The van der Waals surface area contributed by atoms with E-state index in [1.54, 1.807) is 20.8 Å². The summed E-state index contributed by atoms with van der Waals surface area (Å²) in [5.74, 6) is -0.779. The van der Waals surface area contributed by atoms with E-state index in [4.69, 9.17) is 18.9 Å². The molecule has 25 heavy (non-hydrogen) atoms. The van der Waals surface area contributed by atoms with Crippen LogP contribution in [0, 0.1) is 0 Å². The fourth-order valence-corrected chi connectivity index (χ4v) is 6.03. The molecular weight excluding hydrogens is 350 g/mol. The first-order chi connectivity index (χ1) is 11.4. The molecule has 0 unspecified atom stereocenters. The van der Waals surface area contributed by atoms with Gasteiger partial charge >= 0.3 is 0 Å². The van der Waals surface area contributed by atoms with Crippen LogP contribution in [0.2, 0.25) is 0 Å². The quantitative estimate of drug-likeness (QED) is 0.697. The fourth-order valence-electron chi connectivity index (χ4n) is 4.42. The van der Waals surface area contributed by atoms with Crippen molar-refractivity contribution in [1.29, 1.82) is 0 Å². The lowest BCUT2D eigenvalue weighted by Crippen LogP contribution is -2.73. The maximum absolute atomic E-state index is 13.0. The van der Waals surface area contributed by atoms with Crippen LogP contribution in [-0.2, 0) is 29.0 Å². The van der Waals surface area contributed by atoms with Crippen molar-refractivity contribution in [3.8, 4) is 0 Å². The molecule has 0 aliphatic carbocycles. The second-order valence-electron chi connectivity index (χ2n) is 8.78. The third-order valence-electron chi connectivity index (χ3n) is 5.67. The molecule has 4 aliphatic heterocycles. The highest BCUT2D eigenvalue weighted by Crippen LogP contribution is 2.53. The van der Waals surface area contributed by atoms with Gasteiger partial charge in [-0.3, -0.25) is 0 Å². The number of fused-ring (bicyclic) bond motifs is 1. The van der Waals surface area contributed by atoms with Gasteiger partial charge in [0, 0.05) is 6.54 Å². The summed E-state index contributed by atoms with van der Waals surface area (Å²) in [6, 6.07) is -0.701. The molecular formula is C16H27NO7S. The molecule has 0 saturated carbocycles. The Bertz CT molecular complexity index is 672. The summed E-state index contributed by atoms with van der Waals surface area (Å²) in [5, 5.41) is 10.5. The van der Waals surface area contributed by atoms with Crippen LogP contribution in [0.5, 0.6) is 0 Å². The minimum Gasteiger partial charge on any atom is -0.389 e. The van der Waals surface area contributed by atoms with Crippen molar-refractivity contribution < 1.29 is 32.5 Å². The first-order valence-corrected chi connectivity index (χ1v) is 10.2. The maximum Gasteiger partial charge on any atom is 0.219 e. The largest absolute Gasteiger partial charge is 0.389 e. The lowest BCUT2D eigenvalue weighted by molar-refractivity contribution is -0.281. The highest BCUT2D eigenvalue weighted by Gasteiger charge is 2.71. The van der Waals surface area contributed by atoms with Crippen LogP contribution in [0.3, 0.4) is 0 Å². The van der Waals surface area contributed by atoms with E-state index in [2.05, 4.69) is 0 Å². The van der Waals surface area contributed by atoms with Crippen molar-refractivity contribution in [2.75, 3.05) is 13.2 Å². The molecule has 6 atom stereocenters. The summed E-state index contributed by atoms with van der Waals surface area (Å²) in [7, 11) is -3.62. The second kappa shape index (κ2) is 5.15. The average molecular weight is 377 g/mol. The monoisotopic (exact) mass is 377 g/mol. The SMILES string of the molecule is CC1(C)O[C@H]2O[C@@H]3[C@@H]4[C@@H](O)CO[C@@]3(CCN4S(=O)(=O)C(C)(C)C)[C@H]2O1. The van der Waals surface area contributed by atoms with Gasteiger partial charge < -0.3 is 24.1 Å². The summed E-state index contributed by atoms with van der Waals surface area (Å²) < 4.78 is 50.4. The molecule has 4 saturated heterocycles. The zero-order valence-corrected chi connectivity index (χ0v) is 16.1. The Hall–Kier alpha value is -0.290. The topological polar surface area (TPSA) is 94.5 Å². The lowest BCUT2D eigenvalue weighted by atomic mass is 9.78. The average Bonchev–Trinajstić information content (AvgIpc) is 2.92. The fraction of sp³-hybridized carbons (Fsp3) is 1.00. The number of aliphatic hydroxyl groups excluding tert-OH is 1. The Balaban J connectivity index is 1.72. The molecule has 0 spiro atoms. The van der Waals surface area contributed by atoms with Gasteiger partial charge in [-0.1, -0.05) is 0 Å². The standard InChI is InChI=1S/C16H27NO7S/c1-14(2,3)25(19,20)17-7-6-16-11(10(17)9(18)8-21-16)22-13-12(16)23-15(4,5)24-13/h9-13,18H,6-8H2,1-5H3/t9-,10-,11+,12-,13+,16+/m0/s1. The summed E-state index contributed by atoms with van der Waals surface area (Å²) in [4.78, 5) is 0. The molecule has 2 bridgehead atoms. The summed E-state index contributed by atoms with van der Waals surface area (Å²) in [6.07, 6.45) is -2.18. The summed E-state index contributed by atoms with van der Waals surface area (Å²) in [5.41, 5.74) is -0.785. The van der Waals surface area contributed by atoms with Gasteiger partial charge in [0.2, 0.25) is 10.0 Å². The van der Waals surface area contributed by atoms with Gasteiger partial charge in [0.1, 0.15) is 17.8 Å². The van der Waals surface area contributed by atoms with Gasteiger partial charge in [0.05, 0.1) is 23.5 Å². The van der Waals surface area contributed by atoms with Gasteiger partial charge in [0.25, 0.3) is 0 Å². The van der Waals surface area contributed by atoms with E-state index in [0.29, 0.717) is 6.42 Å². The van der Waals surface area contributed by atoms with E-state index < -0.39 is 56.8 Å². The van der Waals surface area contributed by atoms with Gasteiger partial charge in [-0.05, 0) is 41.0 Å². The molecule has 4 aliphatic rings. The number of sulfonamides is 1. The van der Waals surface area contributed by atoms with Crippen molar-refractivity contribution in [3.05, 3.63) is 0 Å². The highest BCUT2D eigenvalue weighted by atomic mass is 32.2. The number of hydrogen-bond acceptors (Lipinski definition) is 7. The Kier molecular flexibility index (Phi) is 3.73. The number of piperidine rings is 1. The number of ether oxygens (including phenoxy) is 4. The zero-order valence-electron chi connectivity index (χ0n) is 15.3. The van der Waals surface area contributed by atoms with Crippen LogP contribution in [0.1, 0.15) is 41.0 Å². The third kappa shape index (κ3) is 2.37. The van der Waals surface area contributed by atoms with E-state index in [1.807, 2.05) is 13.8 Å². The van der Waals surface area contributed by atoms with Crippen molar-refractivity contribution in [2.45, 2.75) is 87.8 Å². The molecule has 9 heteroatoms. The van der Waals surface area contributed by atoms with E-state index in [-0.39, 0.29) is 13.2 Å². The Morgan fingerprint density at radius 3 is 2.48 bits per heavy atom. The number of nitrogens with zero attached hydrogens (tertiary/aromatic N) is 1. The van der Waals surface area contributed by atoms with Gasteiger partial charge in [0.15, 0.2) is 12.1 Å². The molecule has 0 aromatic carbocycles. The minimum absolute atomic E-state index is 0.0493. The molecule has 0 aromatic heterocycles. The molecule has 0 radical (unpaired) electrons. The van der Waals surface area contributed by atoms with Crippen LogP contribution >= 0.6 is 0 Å². The maximum atomic E-state index is 13.0. The molecule has 4 heterocycles. The van der Waals surface area contributed by atoms with E-state index in [1.165, 1.54) is 4.31 Å². The van der Waals surface area contributed by atoms with Gasteiger partial charge in [-0.15, -0.1) is 0 Å². The Labute approximate surface area is 148 Å². The normalized spacial score (nSPS) is 46.7. The third-order valence-corrected chi connectivity index (χ3v) is 8.26. The van der Waals surface area contributed by atoms with Crippen LogP contribution in [0.25, 0.3) is 0 Å². The number of rotatable bonds is 1. The minimum atomic E-state index is -3.62. The Morgan fingerprint density at radius 2 is 1.84 bits per heavy atom. The predicted molar refractivity (Wildman–Crippen MR) is 87.2 cm³/mol. The molecule has 144 valence electrons. The predicted octanol–water partition coefficient (Wildman–Crippen LogP) is 0.195. The van der Waals surface area contributed by atoms with Crippen LogP contribution in [-0.4, -0.2) is 77.8 Å². The van der Waals surface area contributed by atoms with Gasteiger partial charge in [-0.2, -0.15) is 4.31 Å². The van der Waals surface area contributed by atoms with E-state index in [9.17, 15) is 13.5 Å². The van der Waals surface area contributed by atoms with E-state index >= 15 is 0 Å². The number of hydrogen-bond donors (Lipinski definition) is 1. The molecule has 8 nitrogen and oxygen atoms in total. The van der Waals surface area contributed by atoms with Crippen LogP contribution in [0.4, 0.5) is 0 Å². The second-order valence-corrected chi connectivity index (χ2v) is 11.4. The van der Waals surface area contributed by atoms with Crippen molar-refractivity contribution in [3.63, 3.8) is 0 Å². The molecule has 1 N–H and O–H groups in total. The van der Waals surface area contributed by atoms with Crippen molar-refractivity contribution >= 4 is 10.0 Å². The zero-order chi connectivity index (χ0) is 18.4. The first-order valence-electron chi connectivity index (χ1n) is 8.74. The van der Waals surface area contributed by atoms with Crippen molar-refractivity contribution in [1.82, 2.24) is 4.31 Å². The lowest BCUT2D eigenvalue weighted by Gasteiger charge is -2.54. The van der Waals surface area contributed by atoms with Crippen LogP contribution in [0.15, 0.2) is 0 Å². The molecule has 4 rings (SSSR count). The molecule has 4 fully saturated rings. The Morgan fingerprint density at radius 1 is 1.16 bits per heavy atom. The first kappa shape index (κ1) is 18.1. The van der Waals surface area contributed by atoms with Crippen molar-refractivity contribution in [2.24, 2.45) is 0 Å². The van der Waals surface area contributed by atoms with Gasteiger partial charge in [-0.25, -0.2) is 8.42 Å². The summed E-state index contributed by atoms with van der Waals surface area (Å²) >= 11 is 0.